The lowest BCUT2D eigenvalue weighted by Crippen LogP contribution is -2.44. The second-order valence-corrected chi connectivity index (χ2v) is 6.36. The third-order valence-electron chi connectivity index (χ3n) is 3.80. The molecule has 1 heterocycles. The first-order valence-electron chi connectivity index (χ1n) is 6.83. The van der Waals surface area contributed by atoms with Gasteiger partial charge in [-0.3, -0.25) is 9.69 Å². The fourth-order valence-electron chi connectivity index (χ4n) is 2.59. The Labute approximate surface area is 127 Å². The summed E-state index contributed by atoms with van der Waals surface area (Å²) in [5.74, 6) is -0.104. The fraction of sp³-hybridized carbons (Fsp3) is 0.533. The van der Waals surface area contributed by atoms with Gasteiger partial charge in [-0.2, -0.15) is 0 Å². The molecule has 1 aliphatic rings. The molecule has 0 N–H and O–H groups in total. The Morgan fingerprint density at radius 1 is 1.40 bits per heavy atom. The van der Waals surface area contributed by atoms with Gasteiger partial charge in [-0.15, -0.1) is 0 Å². The molecule has 5 heteroatoms. The zero-order chi connectivity index (χ0) is 14.7. The predicted molar refractivity (Wildman–Crippen MR) is 81.3 cm³/mol. The number of likely N-dealkylation sites (N-methyl/N-ethyl adjacent to an activating group) is 2. The van der Waals surface area contributed by atoms with Crippen LogP contribution < -0.4 is 0 Å². The number of nitrogens with zero attached hydrogens (tertiary/aromatic N) is 2. The van der Waals surface area contributed by atoms with Crippen LogP contribution in [0, 0.1) is 5.82 Å². The lowest BCUT2D eigenvalue weighted by Gasteiger charge is -2.26. The van der Waals surface area contributed by atoms with Crippen molar-refractivity contribution in [2.75, 3.05) is 33.7 Å². The summed E-state index contributed by atoms with van der Waals surface area (Å²) >= 11 is 3.16. The molecule has 1 unspecified atom stereocenters. The number of hydrogen-bond donors (Lipinski definition) is 0. The number of Topliss-reactive ketones (excluding diaryl/α,β-unsaturated/α-hetero) is 1. The van der Waals surface area contributed by atoms with Crippen molar-refractivity contribution in [2.24, 2.45) is 0 Å². The zero-order valence-electron chi connectivity index (χ0n) is 11.9. The summed E-state index contributed by atoms with van der Waals surface area (Å²) in [6.45, 7) is 2.72. The third kappa shape index (κ3) is 3.87. The normalized spacial score (nSPS) is 21.7. The Bertz CT molecular complexity index is 495. The SMILES string of the molecule is CN1CCCN(C)C(C(=O)Cc2ccc(F)c(Br)c2)C1. The molecule has 1 aromatic rings. The molecule has 0 saturated carbocycles. The number of carbonyl (C=O) groups is 1. The van der Waals surface area contributed by atoms with E-state index in [9.17, 15) is 9.18 Å². The predicted octanol–water partition coefficient (Wildman–Crippen LogP) is 2.34. The number of carbonyl (C=O) groups excluding carboxylic acids is 1. The molecular formula is C15H20BrFN2O. The fourth-order valence-corrected chi connectivity index (χ4v) is 3.01. The highest BCUT2D eigenvalue weighted by atomic mass is 79.9. The first-order chi connectivity index (χ1) is 9.47. The van der Waals surface area contributed by atoms with Crippen LogP contribution >= 0.6 is 15.9 Å². The van der Waals surface area contributed by atoms with Gasteiger partial charge in [0.15, 0.2) is 5.78 Å². The summed E-state index contributed by atoms with van der Waals surface area (Å²) < 4.78 is 13.6. The van der Waals surface area contributed by atoms with Crippen molar-refractivity contribution in [1.29, 1.82) is 0 Å². The van der Waals surface area contributed by atoms with E-state index >= 15 is 0 Å². The van der Waals surface area contributed by atoms with E-state index in [0.29, 0.717) is 10.9 Å². The number of ketones is 1. The van der Waals surface area contributed by atoms with Crippen LogP contribution in [-0.2, 0) is 11.2 Å². The summed E-state index contributed by atoms with van der Waals surface area (Å²) in [6.07, 6.45) is 1.43. The monoisotopic (exact) mass is 342 g/mol. The minimum absolute atomic E-state index is 0.0775. The highest BCUT2D eigenvalue weighted by Crippen LogP contribution is 2.18. The van der Waals surface area contributed by atoms with Gasteiger partial charge >= 0.3 is 0 Å². The number of halogens is 2. The number of benzene rings is 1. The van der Waals surface area contributed by atoms with Crippen LogP contribution in [0.15, 0.2) is 22.7 Å². The number of hydrogen-bond acceptors (Lipinski definition) is 3. The summed E-state index contributed by atoms with van der Waals surface area (Å²) in [4.78, 5) is 16.8. The maximum Gasteiger partial charge on any atom is 0.155 e. The third-order valence-corrected chi connectivity index (χ3v) is 4.41. The van der Waals surface area contributed by atoms with E-state index in [-0.39, 0.29) is 17.6 Å². The molecule has 0 radical (unpaired) electrons. The van der Waals surface area contributed by atoms with Crippen molar-refractivity contribution in [2.45, 2.75) is 18.9 Å². The number of rotatable bonds is 3. The molecular weight excluding hydrogens is 323 g/mol. The maximum atomic E-state index is 13.2. The summed E-state index contributed by atoms with van der Waals surface area (Å²) in [5, 5.41) is 0. The Morgan fingerprint density at radius 2 is 2.15 bits per heavy atom. The van der Waals surface area contributed by atoms with E-state index in [1.54, 1.807) is 12.1 Å². The quantitative estimate of drug-likeness (QED) is 0.842. The van der Waals surface area contributed by atoms with E-state index in [2.05, 4.69) is 25.7 Å². The lowest BCUT2D eigenvalue weighted by atomic mass is 10.0. The highest BCUT2D eigenvalue weighted by molar-refractivity contribution is 9.10. The first-order valence-corrected chi connectivity index (χ1v) is 7.62. The molecule has 20 heavy (non-hydrogen) atoms. The average molecular weight is 343 g/mol. The average Bonchev–Trinajstić information content (AvgIpc) is 2.56. The molecule has 0 spiro atoms. The van der Waals surface area contributed by atoms with E-state index in [1.165, 1.54) is 6.07 Å². The van der Waals surface area contributed by atoms with Gasteiger partial charge in [0.2, 0.25) is 0 Å². The molecule has 0 bridgehead atoms. The van der Waals surface area contributed by atoms with Crippen LogP contribution in [0.5, 0.6) is 0 Å². The standard InChI is InChI=1S/C15H20BrFN2O/c1-18-6-3-7-19(2)14(10-18)15(20)9-11-4-5-13(17)12(16)8-11/h4-5,8,14H,3,6-7,9-10H2,1-2H3. The summed E-state index contributed by atoms with van der Waals surface area (Å²) in [7, 11) is 4.05. The van der Waals surface area contributed by atoms with Crippen LogP contribution in [-0.4, -0.2) is 55.4 Å². The van der Waals surface area contributed by atoms with Gasteiger partial charge in [0.25, 0.3) is 0 Å². The minimum atomic E-state index is -0.299. The second kappa shape index (κ2) is 6.78. The Hall–Kier alpha value is -0.780. The topological polar surface area (TPSA) is 23.6 Å². The molecule has 3 nitrogen and oxygen atoms in total. The van der Waals surface area contributed by atoms with Gasteiger partial charge in [-0.1, -0.05) is 6.07 Å². The van der Waals surface area contributed by atoms with Crippen molar-refractivity contribution < 1.29 is 9.18 Å². The highest BCUT2D eigenvalue weighted by Gasteiger charge is 2.26. The smallest absolute Gasteiger partial charge is 0.155 e. The molecule has 1 aromatic carbocycles. The Kier molecular flexibility index (Phi) is 5.29. The Morgan fingerprint density at radius 3 is 2.85 bits per heavy atom. The van der Waals surface area contributed by atoms with Crippen molar-refractivity contribution in [3.05, 3.63) is 34.1 Å². The van der Waals surface area contributed by atoms with Gasteiger partial charge in [0.05, 0.1) is 10.5 Å². The van der Waals surface area contributed by atoms with Crippen LogP contribution in [0.3, 0.4) is 0 Å². The van der Waals surface area contributed by atoms with Crippen LogP contribution in [0.1, 0.15) is 12.0 Å². The largest absolute Gasteiger partial charge is 0.304 e. The van der Waals surface area contributed by atoms with Crippen molar-refractivity contribution >= 4 is 21.7 Å². The van der Waals surface area contributed by atoms with Gasteiger partial charge in [-0.25, -0.2) is 4.39 Å². The van der Waals surface area contributed by atoms with Crippen molar-refractivity contribution in [1.82, 2.24) is 9.80 Å². The molecule has 2 rings (SSSR count). The van der Waals surface area contributed by atoms with E-state index in [0.717, 1.165) is 31.6 Å². The summed E-state index contributed by atoms with van der Waals surface area (Å²) in [6, 6.07) is 4.69. The Balaban J connectivity index is 2.07. The molecule has 1 atom stereocenters. The summed E-state index contributed by atoms with van der Waals surface area (Å²) in [5.41, 5.74) is 0.851. The molecule has 1 fully saturated rings. The molecule has 110 valence electrons. The molecule has 1 aliphatic heterocycles. The van der Waals surface area contributed by atoms with E-state index < -0.39 is 0 Å². The van der Waals surface area contributed by atoms with Gasteiger partial charge in [-0.05, 0) is 67.2 Å². The van der Waals surface area contributed by atoms with E-state index in [4.69, 9.17) is 0 Å². The van der Waals surface area contributed by atoms with Gasteiger partial charge in [0.1, 0.15) is 5.82 Å². The molecule has 0 aliphatic carbocycles. The van der Waals surface area contributed by atoms with Crippen molar-refractivity contribution in [3.63, 3.8) is 0 Å². The van der Waals surface area contributed by atoms with Crippen LogP contribution in [0.25, 0.3) is 0 Å². The van der Waals surface area contributed by atoms with Crippen molar-refractivity contribution in [3.8, 4) is 0 Å². The minimum Gasteiger partial charge on any atom is -0.304 e. The first kappa shape index (κ1) is 15.6. The van der Waals surface area contributed by atoms with Crippen LogP contribution in [0.4, 0.5) is 4.39 Å². The molecule has 0 aromatic heterocycles. The van der Waals surface area contributed by atoms with Gasteiger partial charge in [0, 0.05) is 13.0 Å². The molecule has 1 saturated heterocycles. The molecule has 0 amide bonds. The maximum absolute atomic E-state index is 13.2. The zero-order valence-corrected chi connectivity index (χ0v) is 13.5. The van der Waals surface area contributed by atoms with E-state index in [1.807, 2.05) is 14.1 Å². The van der Waals surface area contributed by atoms with Crippen LogP contribution in [0.2, 0.25) is 0 Å². The van der Waals surface area contributed by atoms with Gasteiger partial charge < -0.3 is 4.90 Å². The lowest BCUT2D eigenvalue weighted by molar-refractivity contribution is -0.123. The second-order valence-electron chi connectivity index (χ2n) is 5.50.